The minimum Gasteiger partial charge on any atom is -0.390 e. The molecule has 1 N–H and O–H groups in total. The molecule has 2 aromatic carbocycles. The van der Waals surface area contributed by atoms with Gasteiger partial charge in [0, 0.05) is 13.0 Å². The molecule has 1 aliphatic heterocycles. The molecule has 1 fully saturated rings. The second-order valence-electron chi connectivity index (χ2n) is 7.75. The molecule has 0 amide bonds. The minimum absolute atomic E-state index is 0.334. The molecular weight excluding hydrogens is 380 g/mol. The Morgan fingerprint density at radius 2 is 1.57 bits per heavy atom. The second-order valence-corrected chi connectivity index (χ2v) is 7.75. The number of rotatable bonds is 12. The molecule has 30 heavy (non-hydrogen) atoms. The van der Waals surface area contributed by atoms with Crippen LogP contribution in [0.5, 0.6) is 0 Å². The zero-order valence-electron chi connectivity index (χ0n) is 17.8. The fourth-order valence-corrected chi connectivity index (χ4v) is 3.57. The maximum Gasteiger partial charge on any atom is 0.160 e. The first-order chi connectivity index (χ1) is 14.8. The van der Waals surface area contributed by atoms with E-state index in [1.165, 1.54) is 0 Å². The van der Waals surface area contributed by atoms with Crippen molar-refractivity contribution in [2.45, 2.75) is 70.4 Å². The van der Waals surface area contributed by atoms with Gasteiger partial charge in [-0.2, -0.15) is 0 Å². The predicted octanol–water partition coefficient (Wildman–Crippen LogP) is 4.47. The van der Waals surface area contributed by atoms with E-state index in [0.717, 1.165) is 30.4 Å². The number of aliphatic hydroxyl groups is 1. The normalized spacial score (nSPS) is 24.1. The van der Waals surface area contributed by atoms with Gasteiger partial charge in [-0.15, -0.1) is 0 Å². The summed E-state index contributed by atoms with van der Waals surface area (Å²) in [5, 5.41) is 10.8. The maximum absolute atomic E-state index is 10.8. The fourth-order valence-electron chi connectivity index (χ4n) is 3.57. The van der Waals surface area contributed by atoms with Gasteiger partial charge in [-0.3, -0.25) is 0 Å². The lowest BCUT2D eigenvalue weighted by molar-refractivity contribution is -0.270. The van der Waals surface area contributed by atoms with E-state index in [2.05, 4.69) is 6.92 Å². The van der Waals surface area contributed by atoms with Crippen molar-refractivity contribution in [3.8, 4) is 0 Å². The molecule has 0 aromatic heterocycles. The van der Waals surface area contributed by atoms with Crippen molar-refractivity contribution in [1.82, 2.24) is 0 Å². The first kappa shape index (κ1) is 22.9. The molecule has 0 saturated carbocycles. The third-order valence-corrected chi connectivity index (χ3v) is 5.24. The highest BCUT2D eigenvalue weighted by Gasteiger charge is 2.39. The van der Waals surface area contributed by atoms with Crippen LogP contribution < -0.4 is 0 Å². The topological polar surface area (TPSA) is 57.2 Å². The van der Waals surface area contributed by atoms with Crippen LogP contribution in [0.2, 0.25) is 0 Å². The highest BCUT2D eigenvalue weighted by atomic mass is 16.7. The van der Waals surface area contributed by atoms with Crippen molar-refractivity contribution in [2.24, 2.45) is 0 Å². The SMILES string of the molecule is CCCCCOC1C[C@@H](O)[C@@H](OCc2ccccc2)[C@@H](COCc2ccccc2)O1. The van der Waals surface area contributed by atoms with Gasteiger partial charge < -0.3 is 24.1 Å². The van der Waals surface area contributed by atoms with E-state index < -0.39 is 24.6 Å². The molecule has 4 atom stereocenters. The highest BCUT2D eigenvalue weighted by Crippen LogP contribution is 2.25. The molecule has 1 unspecified atom stereocenters. The van der Waals surface area contributed by atoms with Gasteiger partial charge in [0.1, 0.15) is 12.2 Å². The number of benzene rings is 2. The molecule has 1 heterocycles. The molecule has 164 valence electrons. The number of aliphatic hydroxyl groups excluding tert-OH is 1. The Hall–Kier alpha value is -1.76. The van der Waals surface area contributed by atoms with Crippen LogP contribution in [0.1, 0.15) is 43.7 Å². The van der Waals surface area contributed by atoms with Crippen molar-refractivity contribution in [1.29, 1.82) is 0 Å². The lowest BCUT2D eigenvalue weighted by Gasteiger charge is -2.39. The Morgan fingerprint density at radius 1 is 0.900 bits per heavy atom. The lowest BCUT2D eigenvalue weighted by Crippen LogP contribution is -2.52. The quantitative estimate of drug-likeness (QED) is 0.519. The van der Waals surface area contributed by atoms with Crippen LogP contribution in [0.3, 0.4) is 0 Å². The van der Waals surface area contributed by atoms with Gasteiger partial charge in [0.25, 0.3) is 0 Å². The standard InChI is InChI=1S/C25H34O5/c1-2-3-10-15-28-24-16-22(26)25(29-18-21-13-8-5-9-14-21)23(30-24)19-27-17-20-11-6-4-7-12-20/h4-9,11-14,22-26H,2-3,10,15-19H2,1H3/t22-,23-,24?,25-/m1/s1. The fraction of sp³-hybridized carbons (Fsp3) is 0.520. The third-order valence-electron chi connectivity index (χ3n) is 5.24. The van der Waals surface area contributed by atoms with Crippen LogP contribution in [0.4, 0.5) is 0 Å². The van der Waals surface area contributed by atoms with Crippen LogP contribution in [0.25, 0.3) is 0 Å². The van der Waals surface area contributed by atoms with Crippen molar-refractivity contribution in [3.05, 3.63) is 71.8 Å². The summed E-state index contributed by atoms with van der Waals surface area (Å²) in [6.07, 6.45) is 1.72. The molecule has 1 aliphatic rings. The Kier molecular flexibility index (Phi) is 9.80. The summed E-state index contributed by atoms with van der Waals surface area (Å²) in [7, 11) is 0. The van der Waals surface area contributed by atoms with Crippen molar-refractivity contribution >= 4 is 0 Å². The Bertz CT molecular complexity index is 693. The van der Waals surface area contributed by atoms with Crippen LogP contribution in [0, 0.1) is 0 Å². The lowest BCUT2D eigenvalue weighted by atomic mass is 10.0. The van der Waals surface area contributed by atoms with E-state index in [4.69, 9.17) is 18.9 Å². The molecule has 0 bridgehead atoms. The smallest absolute Gasteiger partial charge is 0.160 e. The summed E-state index contributed by atoms with van der Waals surface area (Å²) in [4.78, 5) is 0. The Morgan fingerprint density at radius 3 is 2.23 bits per heavy atom. The molecule has 5 nitrogen and oxygen atoms in total. The zero-order valence-corrected chi connectivity index (χ0v) is 17.8. The zero-order chi connectivity index (χ0) is 21.0. The van der Waals surface area contributed by atoms with Crippen molar-refractivity contribution in [2.75, 3.05) is 13.2 Å². The van der Waals surface area contributed by atoms with Gasteiger partial charge >= 0.3 is 0 Å². The minimum atomic E-state index is -0.663. The number of hydrogen-bond acceptors (Lipinski definition) is 5. The molecule has 1 saturated heterocycles. The van der Waals surface area contributed by atoms with E-state index in [9.17, 15) is 5.11 Å². The molecule has 2 aromatic rings. The molecule has 0 spiro atoms. The molecule has 3 rings (SSSR count). The summed E-state index contributed by atoms with van der Waals surface area (Å²) in [5.41, 5.74) is 2.16. The molecule has 5 heteroatoms. The average molecular weight is 415 g/mol. The van der Waals surface area contributed by atoms with E-state index in [0.29, 0.717) is 32.8 Å². The van der Waals surface area contributed by atoms with Gasteiger partial charge in [0.05, 0.1) is 25.9 Å². The van der Waals surface area contributed by atoms with Crippen LogP contribution in [-0.4, -0.2) is 42.9 Å². The van der Waals surface area contributed by atoms with Crippen molar-refractivity contribution < 1.29 is 24.1 Å². The van der Waals surface area contributed by atoms with Crippen LogP contribution >= 0.6 is 0 Å². The summed E-state index contributed by atoms with van der Waals surface area (Å²) < 4.78 is 24.0. The van der Waals surface area contributed by atoms with E-state index in [1.54, 1.807) is 0 Å². The van der Waals surface area contributed by atoms with E-state index in [-0.39, 0.29) is 0 Å². The van der Waals surface area contributed by atoms with E-state index >= 15 is 0 Å². The maximum atomic E-state index is 10.8. The largest absolute Gasteiger partial charge is 0.390 e. The monoisotopic (exact) mass is 414 g/mol. The Balaban J connectivity index is 1.56. The molecule has 0 radical (unpaired) electrons. The van der Waals surface area contributed by atoms with Crippen molar-refractivity contribution in [3.63, 3.8) is 0 Å². The molecular formula is C25H34O5. The van der Waals surface area contributed by atoms with Crippen LogP contribution in [0.15, 0.2) is 60.7 Å². The summed E-state index contributed by atoms with van der Waals surface area (Å²) >= 11 is 0. The summed E-state index contributed by atoms with van der Waals surface area (Å²) in [6, 6.07) is 20.0. The summed E-state index contributed by atoms with van der Waals surface area (Å²) in [6.45, 7) is 4.04. The van der Waals surface area contributed by atoms with E-state index in [1.807, 2.05) is 60.7 Å². The number of hydrogen-bond donors (Lipinski definition) is 1. The van der Waals surface area contributed by atoms with Gasteiger partial charge in [-0.1, -0.05) is 80.4 Å². The highest BCUT2D eigenvalue weighted by molar-refractivity contribution is 5.14. The van der Waals surface area contributed by atoms with Gasteiger partial charge in [-0.05, 0) is 17.5 Å². The second kappa shape index (κ2) is 12.8. The predicted molar refractivity (Wildman–Crippen MR) is 116 cm³/mol. The number of unbranched alkanes of at least 4 members (excludes halogenated alkanes) is 2. The Labute approximate surface area is 179 Å². The average Bonchev–Trinajstić information content (AvgIpc) is 2.77. The first-order valence-electron chi connectivity index (χ1n) is 11.0. The third kappa shape index (κ3) is 7.49. The summed E-state index contributed by atoms with van der Waals surface area (Å²) in [5.74, 6) is 0. The van der Waals surface area contributed by atoms with Gasteiger partial charge in [-0.25, -0.2) is 0 Å². The van der Waals surface area contributed by atoms with Crippen LogP contribution in [-0.2, 0) is 32.2 Å². The van der Waals surface area contributed by atoms with Gasteiger partial charge in [0.15, 0.2) is 6.29 Å². The van der Waals surface area contributed by atoms with Gasteiger partial charge in [0.2, 0.25) is 0 Å². The first-order valence-corrected chi connectivity index (χ1v) is 11.0. The number of ether oxygens (including phenoxy) is 4. The molecule has 0 aliphatic carbocycles.